The first-order valence-electron chi connectivity index (χ1n) is 4.72. The van der Waals surface area contributed by atoms with Crippen LogP contribution in [0.15, 0.2) is 12.3 Å². The van der Waals surface area contributed by atoms with Gasteiger partial charge in [0.1, 0.15) is 6.26 Å². The Morgan fingerprint density at radius 1 is 1.31 bits per heavy atom. The molecule has 1 fully saturated rings. The van der Waals surface area contributed by atoms with Crippen LogP contribution >= 0.6 is 22.6 Å². The summed E-state index contributed by atoms with van der Waals surface area (Å²) in [6.07, 6.45) is 7.60. The second-order valence-corrected chi connectivity index (χ2v) is 5.43. The number of likely N-dealkylation sites (tertiary alicyclic amines) is 1. The van der Waals surface area contributed by atoms with E-state index in [9.17, 15) is 0 Å². The SMILES string of the molecule is IC1(CN2CCCCC2)C=COO1. The van der Waals surface area contributed by atoms with Gasteiger partial charge in [-0.3, -0.25) is 4.90 Å². The zero-order valence-corrected chi connectivity index (χ0v) is 9.70. The summed E-state index contributed by atoms with van der Waals surface area (Å²) in [4.78, 5) is 12.4. The molecule has 13 heavy (non-hydrogen) atoms. The standard InChI is InChI=1S/C9H14INO2/c10-9(4-7-12-13-9)8-11-5-2-1-3-6-11/h4,7H,1-3,5-6,8H2. The summed E-state index contributed by atoms with van der Waals surface area (Å²) in [7, 11) is 0. The second kappa shape index (κ2) is 4.14. The molecule has 0 aliphatic carbocycles. The highest BCUT2D eigenvalue weighted by Crippen LogP contribution is 2.29. The Morgan fingerprint density at radius 3 is 2.69 bits per heavy atom. The molecule has 0 amide bonds. The van der Waals surface area contributed by atoms with Crippen LogP contribution in [0, 0.1) is 0 Å². The average Bonchev–Trinajstić information content (AvgIpc) is 2.54. The maximum Gasteiger partial charge on any atom is 0.199 e. The van der Waals surface area contributed by atoms with Crippen molar-refractivity contribution in [1.82, 2.24) is 4.90 Å². The Labute approximate surface area is 92.1 Å². The highest BCUT2D eigenvalue weighted by atomic mass is 127. The lowest BCUT2D eigenvalue weighted by Gasteiger charge is -2.30. The maximum absolute atomic E-state index is 5.18. The summed E-state index contributed by atoms with van der Waals surface area (Å²) >= 11 is 2.29. The van der Waals surface area contributed by atoms with Crippen molar-refractivity contribution in [1.29, 1.82) is 0 Å². The minimum atomic E-state index is -0.255. The smallest absolute Gasteiger partial charge is 0.199 e. The van der Waals surface area contributed by atoms with E-state index in [4.69, 9.17) is 9.78 Å². The van der Waals surface area contributed by atoms with Gasteiger partial charge >= 0.3 is 0 Å². The van der Waals surface area contributed by atoms with Crippen LogP contribution < -0.4 is 0 Å². The lowest BCUT2D eigenvalue weighted by atomic mass is 10.1. The number of hydrogen-bond acceptors (Lipinski definition) is 3. The number of alkyl halides is 1. The first-order chi connectivity index (χ1) is 6.29. The van der Waals surface area contributed by atoms with Crippen molar-refractivity contribution in [2.24, 2.45) is 0 Å². The third-order valence-electron chi connectivity index (χ3n) is 2.45. The second-order valence-electron chi connectivity index (χ2n) is 3.61. The van der Waals surface area contributed by atoms with Gasteiger partial charge in [-0.2, -0.15) is 4.89 Å². The monoisotopic (exact) mass is 295 g/mol. The van der Waals surface area contributed by atoms with E-state index in [-0.39, 0.29) is 3.61 Å². The van der Waals surface area contributed by atoms with E-state index in [1.54, 1.807) is 6.26 Å². The molecule has 0 bridgehead atoms. The van der Waals surface area contributed by atoms with Crippen LogP contribution in [0.4, 0.5) is 0 Å². The van der Waals surface area contributed by atoms with Crippen LogP contribution in [0.3, 0.4) is 0 Å². The molecule has 1 unspecified atom stereocenters. The zero-order chi connectivity index (χ0) is 9.15. The van der Waals surface area contributed by atoms with Crippen LogP contribution in [0.25, 0.3) is 0 Å². The predicted molar refractivity (Wildman–Crippen MR) is 58.4 cm³/mol. The first kappa shape index (κ1) is 9.73. The molecular formula is C9H14INO2. The Balaban J connectivity index is 1.85. The van der Waals surface area contributed by atoms with E-state index in [1.807, 2.05) is 6.08 Å². The molecule has 0 aromatic heterocycles. The molecule has 3 nitrogen and oxygen atoms in total. The molecule has 0 radical (unpaired) electrons. The quantitative estimate of drug-likeness (QED) is 0.442. The van der Waals surface area contributed by atoms with E-state index in [0.29, 0.717) is 0 Å². The minimum Gasteiger partial charge on any atom is -0.344 e. The van der Waals surface area contributed by atoms with Gasteiger partial charge in [-0.05, 0) is 48.5 Å². The van der Waals surface area contributed by atoms with Crippen molar-refractivity contribution in [2.45, 2.75) is 22.9 Å². The number of hydrogen-bond donors (Lipinski definition) is 0. The molecular weight excluding hydrogens is 281 g/mol. The molecule has 2 aliphatic rings. The van der Waals surface area contributed by atoms with E-state index >= 15 is 0 Å². The summed E-state index contributed by atoms with van der Waals surface area (Å²) in [6.45, 7) is 3.33. The van der Waals surface area contributed by atoms with E-state index in [0.717, 1.165) is 6.54 Å². The summed E-state index contributed by atoms with van der Waals surface area (Å²) in [5.41, 5.74) is 0. The summed E-state index contributed by atoms with van der Waals surface area (Å²) in [5.74, 6) is 0. The van der Waals surface area contributed by atoms with Crippen molar-refractivity contribution in [2.75, 3.05) is 19.6 Å². The van der Waals surface area contributed by atoms with Crippen LogP contribution in [-0.4, -0.2) is 28.1 Å². The van der Waals surface area contributed by atoms with E-state index in [2.05, 4.69) is 27.5 Å². The van der Waals surface area contributed by atoms with Gasteiger partial charge in [0.25, 0.3) is 0 Å². The molecule has 0 spiro atoms. The van der Waals surface area contributed by atoms with Gasteiger partial charge in [-0.25, -0.2) is 0 Å². The average molecular weight is 295 g/mol. The molecule has 0 aromatic rings. The van der Waals surface area contributed by atoms with Crippen molar-refractivity contribution in [3.63, 3.8) is 0 Å². The van der Waals surface area contributed by atoms with Gasteiger partial charge in [-0.1, -0.05) is 6.42 Å². The molecule has 0 saturated carbocycles. The topological polar surface area (TPSA) is 21.7 Å². The Morgan fingerprint density at radius 2 is 2.08 bits per heavy atom. The van der Waals surface area contributed by atoms with Gasteiger partial charge < -0.3 is 4.89 Å². The summed E-state index contributed by atoms with van der Waals surface area (Å²) in [5, 5.41) is 0. The van der Waals surface area contributed by atoms with Crippen LogP contribution in [-0.2, 0) is 9.78 Å². The third kappa shape index (κ3) is 2.57. The zero-order valence-electron chi connectivity index (χ0n) is 7.54. The largest absolute Gasteiger partial charge is 0.344 e. The molecule has 4 heteroatoms. The van der Waals surface area contributed by atoms with Crippen molar-refractivity contribution >= 4 is 22.6 Å². The first-order valence-corrected chi connectivity index (χ1v) is 5.80. The Kier molecular flexibility index (Phi) is 3.10. The van der Waals surface area contributed by atoms with Gasteiger partial charge in [0.2, 0.25) is 0 Å². The van der Waals surface area contributed by atoms with E-state index < -0.39 is 0 Å². The fourth-order valence-electron chi connectivity index (χ4n) is 1.77. The van der Waals surface area contributed by atoms with Crippen LogP contribution in [0.5, 0.6) is 0 Å². The number of rotatable bonds is 2. The number of halogens is 1. The Hall–Kier alpha value is 0.190. The Bertz CT molecular complexity index is 204. The van der Waals surface area contributed by atoms with Crippen LogP contribution in [0.1, 0.15) is 19.3 Å². The number of nitrogens with zero attached hydrogens (tertiary/aromatic N) is 1. The molecule has 1 saturated heterocycles. The molecule has 2 heterocycles. The van der Waals surface area contributed by atoms with E-state index in [1.165, 1.54) is 32.4 Å². The van der Waals surface area contributed by atoms with Gasteiger partial charge in [0.15, 0.2) is 3.61 Å². The normalized spacial score (nSPS) is 34.8. The lowest BCUT2D eigenvalue weighted by molar-refractivity contribution is -0.260. The van der Waals surface area contributed by atoms with Gasteiger partial charge in [-0.15, -0.1) is 0 Å². The van der Waals surface area contributed by atoms with Crippen molar-refractivity contribution in [3.8, 4) is 0 Å². The molecule has 1 atom stereocenters. The van der Waals surface area contributed by atoms with Crippen LogP contribution in [0.2, 0.25) is 0 Å². The fourth-order valence-corrected chi connectivity index (χ4v) is 2.50. The maximum atomic E-state index is 5.18. The molecule has 74 valence electrons. The summed E-state index contributed by atoms with van der Waals surface area (Å²) < 4.78 is -0.255. The number of piperidine rings is 1. The van der Waals surface area contributed by atoms with Crippen molar-refractivity contribution in [3.05, 3.63) is 12.3 Å². The summed E-state index contributed by atoms with van der Waals surface area (Å²) in [6, 6.07) is 0. The minimum absolute atomic E-state index is 0.255. The van der Waals surface area contributed by atoms with Gasteiger partial charge in [0, 0.05) is 12.6 Å². The highest BCUT2D eigenvalue weighted by molar-refractivity contribution is 14.1. The predicted octanol–water partition coefficient (Wildman–Crippen LogP) is 2.08. The molecule has 0 N–H and O–H groups in total. The van der Waals surface area contributed by atoms with Gasteiger partial charge in [0.05, 0.1) is 0 Å². The molecule has 2 rings (SSSR count). The molecule has 0 aromatic carbocycles. The highest BCUT2D eigenvalue weighted by Gasteiger charge is 2.33. The molecule has 2 aliphatic heterocycles. The fraction of sp³-hybridized carbons (Fsp3) is 0.778. The lowest BCUT2D eigenvalue weighted by Crippen LogP contribution is -2.40. The van der Waals surface area contributed by atoms with Crippen molar-refractivity contribution < 1.29 is 9.78 Å². The third-order valence-corrected chi connectivity index (χ3v) is 3.33.